The van der Waals surface area contributed by atoms with Crippen molar-refractivity contribution in [2.45, 2.75) is 89.1 Å². The second kappa shape index (κ2) is 10.2. The van der Waals surface area contributed by atoms with Crippen molar-refractivity contribution in [1.82, 2.24) is 20.9 Å². The number of epoxide rings is 1. The number of ketones is 1. The Kier molecular flexibility index (Phi) is 7.64. The molecule has 0 bridgehead atoms. The molecule has 3 heterocycles. The molecule has 0 saturated carbocycles. The number of ether oxygens (including phenoxy) is 1. The van der Waals surface area contributed by atoms with E-state index in [4.69, 9.17) is 4.74 Å². The lowest BCUT2D eigenvalue weighted by Crippen LogP contribution is -2.60. The molecule has 10 nitrogen and oxygen atoms in total. The molecule has 0 aromatic rings. The second-order valence-electron chi connectivity index (χ2n) is 8.60. The fourth-order valence-electron chi connectivity index (χ4n) is 4.06. The predicted octanol–water partition coefficient (Wildman–Crippen LogP) is -0.596. The van der Waals surface area contributed by atoms with Gasteiger partial charge in [-0.15, -0.1) is 0 Å². The van der Waals surface area contributed by atoms with E-state index in [0.717, 1.165) is 6.42 Å². The van der Waals surface area contributed by atoms with Gasteiger partial charge in [0.05, 0.1) is 6.61 Å². The minimum absolute atomic E-state index is 0.111. The molecule has 3 aliphatic heterocycles. The molecule has 0 aromatic heterocycles. The molecule has 31 heavy (non-hydrogen) atoms. The van der Waals surface area contributed by atoms with Crippen LogP contribution in [0.15, 0.2) is 0 Å². The number of unbranched alkanes of at least 4 members (excludes halogenated alkanes) is 2. The Bertz CT molecular complexity index is 737. The average Bonchev–Trinajstić information content (AvgIpc) is 3.47. The highest BCUT2D eigenvalue weighted by Crippen LogP contribution is 2.21. The zero-order chi connectivity index (χ0) is 22.5. The summed E-state index contributed by atoms with van der Waals surface area (Å²) in [5.41, 5.74) is 0. The summed E-state index contributed by atoms with van der Waals surface area (Å²) in [5, 5.41) is 8.00. The highest BCUT2D eigenvalue weighted by atomic mass is 16.7. The zero-order valence-corrected chi connectivity index (χ0v) is 18.1. The van der Waals surface area contributed by atoms with E-state index in [1.807, 2.05) is 0 Å². The number of Topliss-reactive ketones (excluding diaryl/α,β-unsaturated/α-hetero) is 1. The van der Waals surface area contributed by atoms with E-state index in [1.54, 1.807) is 13.8 Å². The molecular formula is C21H32N4O6. The third-order valence-corrected chi connectivity index (χ3v) is 6.07. The van der Waals surface area contributed by atoms with E-state index in [1.165, 1.54) is 4.90 Å². The molecule has 172 valence electrons. The lowest BCUT2D eigenvalue weighted by atomic mass is 10.2. The Balaban J connectivity index is 1.65. The van der Waals surface area contributed by atoms with Gasteiger partial charge in [0.2, 0.25) is 23.6 Å². The van der Waals surface area contributed by atoms with Crippen molar-refractivity contribution in [3.63, 3.8) is 0 Å². The Labute approximate surface area is 181 Å². The highest BCUT2D eigenvalue weighted by Gasteiger charge is 2.39. The monoisotopic (exact) mass is 444 g/mol. The van der Waals surface area contributed by atoms with Crippen LogP contribution in [0, 0.1) is 0 Å². The van der Waals surface area contributed by atoms with Crippen LogP contribution in [0.4, 0.5) is 0 Å². The Morgan fingerprint density at radius 3 is 2.29 bits per heavy atom. The van der Waals surface area contributed by atoms with Crippen molar-refractivity contribution in [2.75, 3.05) is 13.2 Å². The van der Waals surface area contributed by atoms with Crippen molar-refractivity contribution in [2.24, 2.45) is 0 Å². The minimum atomic E-state index is -0.841. The van der Waals surface area contributed by atoms with Crippen molar-refractivity contribution in [1.29, 1.82) is 0 Å². The van der Waals surface area contributed by atoms with Gasteiger partial charge in [0.1, 0.15) is 30.3 Å². The number of nitrogens with one attached hydrogen (secondary N) is 3. The van der Waals surface area contributed by atoms with Gasteiger partial charge >= 0.3 is 0 Å². The smallest absolute Gasteiger partial charge is 0.245 e. The van der Waals surface area contributed by atoms with Crippen molar-refractivity contribution < 1.29 is 28.7 Å². The van der Waals surface area contributed by atoms with Crippen LogP contribution in [-0.2, 0) is 28.7 Å². The lowest BCUT2D eigenvalue weighted by Gasteiger charge is -2.31. The molecular weight excluding hydrogens is 412 g/mol. The first-order chi connectivity index (χ1) is 14.8. The van der Waals surface area contributed by atoms with E-state index in [9.17, 15) is 24.0 Å². The van der Waals surface area contributed by atoms with Crippen LogP contribution in [0.1, 0.15) is 58.8 Å². The van der Waals surface area contributed by atoms with Gasteiger partial charge < -0.3 is 25.6 Å². The van der Waals surface area contributed by atoms with E-state index >= 15 is 0 Å². The maximum Gasteiger partial charge on any atom is 0.245 e. The maximum absolute atomic E-state index is 13.2. The molecule has 0 radical (unpaired) electrons. The molecule has 3 fully saturated rings. The first kappa shape index (κ1) is 23.2. The second-order valence-corrected chi connectivity index (χ2v) is 8.60. The van der Waals surface area contributed by atoms with Gasteiger partial charge in [-0.25, -0.2) is 0 Å². The van der Waals surface area contributed by atoms with Crippen LogP contribution >= 0.6 is 0 Å². The molecule has 0 aliphatic carbocycles. The minimum Gasteiger partial charge on any atom is -0.365 e. The van der Waals surface area contributed by atoms with E-state index in [2.05, 4.69) is 16.0 Å². The summed E-state index contributed by atoms with van der Waals surface area (Å²) in [6.07, 6.45) is 3.92. The standard InChI is InChI=1S/C21H32N4O6/c1-12-18(27)22-13(2)19(28)24-14(7-4-3-5-9-16(26)17-11-31-17)21(30)25-10-6-8-15(25)20(29)23-12/h12-15,17H,3-11H2,1-2H3,(H,22,27)(H,23,29)(H,24,28)/t12-,13-,14?,15+,17-/m0/s1/i4+1,5+1,6+1,8+1,11+1,14+1,15+1,16+1. The van der Waals surface area contributed by atoms with E-state index in [-0.39, 0.29) is 23.7 Å². The molecule has 3 N–H and O–H groups in total. The molecule has 1 unspecified atom stereocenters. The summed E-state index contributed by atoms with van der Waals surface area (Å²) in [4.78, 5) is 64.0. The van der Waals surface area contributed by atoms with Crippen molar-refractivity contribution >= 4 is 29.4 Å². The molecule has 5 atom stereocenters. The van der Waals surface area contributed by atoms with Crippen LogP contribution in [0.2, 0.25) is 0 Å². The first-order valence-electron chi connectivity index (χ1n) is 11.1. The summed E-state index contributed by atoms with van der Waals surface area (Å²) in [5.74, 6) is -1.41. The van der Waals surface area contributed by atoms with Gasteiger partial charge in [0, 0.05) is 13.0 Å². The fourth-order valence-corrected chi connectivity index (χ4v) is 4.06. The molecule has 3 aliphatic rings. The zero-order valence-electron chi connectivity index (χ0n) is 18.1. The quantitative estimate of drug-likeness (QED) is 0.273. The van der Waals surface area contributed by atoms with Gasteiger partial charge in [-0.2, -0.15) is 0 Å². The topological polar surface area (TPSA) is 137 Å². The number of carbonyl (C=O) groups is 5. The number of carbonyl (C=O) groups excluding carboxylic acids is 5. The number of fused-ring (bicyclic) bond motifs is 1. The Hall–Kier alpha value is -2.49. The van der Waals surface area contributed by atoms with Gasteiger partial charge in [0.25, 0.3) is 0 Å². The summed E-state index contributed by atoms with van der Waals surface area (Å²) in [7, 11) is 0. The van der Waals surface area contributed by atoms with Crippen LogP contribution < -0.4 is 16.0 Å². The van der Waals surface area contributed by atoms with Crippen molar-refractivity contribution in [3.05, 3.63) is 0 Å². The van der Waals surface area contributed by atoms with E-state index in [0.29, 0.717) is 51.7 Å². The van der Waals surface area contributed by atoms with E-state index < -0.39 is 36.0 Å². The number of amides is 4. The first-order valence-corrected chi connectivity index (χ1v) is 11.1. The number of rotatable bonds is 7. The number of hydrogen-bond donors (Lipinski definition) is 3. The predicted molar refractivity (Wildman–Crippen MR) is 110 cm³/mol. The van der Waals surface area contributed by atoms with Crippen LogP contribution in [-0.4, -0.2) is 77.7 Å². The highest BCUT2D eigenvalue weighted by molar-refractivity contribution is 5.97. The molecule has 3 rings (SSSR count). The van der Waals surface area contributed by atoms with Gasteiger partial charge in [0.15, 0.2) is 5.78 Å². The molecule has 0 aromatic carbocycles. The molecule has 0 spiro atoms. The van der Waals surface area contributed by atoms with Gasteiger partial charge in [-0.1, -0.05) is 12.8 Å². The Morgan fingerprint density at radius 1 is 0.968 bits per heavy atom. The summed E-state index contributed by atoms with van der Waals surface area (Å²) in [6, 6.07) is -3.07. The summed E-state index contributed by atoms with van der Waals surface area (Å²) in [6.45, 7) is 4.04. The van der Waals surface area contributed by atoms with Gasteiger partial charge in [-0.3, -0.25) is 24.0 Å². The molecule has 10 heteroatoms. The third kappa shape index (κ3) is 6.03. The molecule has 4 amide bonds. The fraction of sp³-hybridized carbons (Fsp3) is 0.762. The van der Waals surface area contributed by atoms with Crippen molar-refractivity contribution in [3.8, 4) is 0 Å². The van der Waals surface area contributed by atoms with Gasteiger partial charge in [-0.05, 0) is 39.5 Å². The number of nitrogens with zero attached hydrogens (tertiary/aromatic N) is 1. The average molecular weight is 444 g/mol. The largest absolute Gasteiger partial charge is 0.365 e. The van der Waals surface area contributed by atoms with Crippen LogP contribution in [0.3, 0.4) is 0 Å². The Morgan fingerprint density at radius 2 is 1.61 bits per heavy atom. The summed E-state index contributed by atoms with van der Waals surface area (Å²) >= 11 is 0. The SMILES string of the molecule is C[C@@H]1NC(=O)[C@H](C)NC(=O)[13C@H]2[13CH2][13CH2]CN2C(=O)[13CH](C[13CH2]C[13CH2]C[13C](=O)[C@@H]2[13CH2]O2)NC1=O. The summed E-state index contributed by atoms with van der Waals surface area (Å²) < 4.78 is 4.98. The van der Waals surface area contributed by atoms with Crippen LogP contribution in [0.25, 0.3) is 0 Å². The lowest BCUT2D eigenvalue weighted by molar-refractivity contribution is -0.143. The maximum atomic E-state index is 13.2. The van der Waals surface area contributed by atoms with Crippen LogP contribution in [0.5, 0.6) is 0 Å². The normalized spacial score (nSPS) is 31.7. The third-order valence-electron chi connectivity index (χ3n) is 6.07. The molecule has 3 saturated heterocycles. The number of hydrogen-bond acceptors (Lipinski definition) is 6.